The van der Waals surface area contributed by atoms with Crippen LogP contribution in [-0.2, 0) is 11.2 Å². The lowest BCUT2D eigenvalue weighted by Crippen LogP contribution is -2.22. The van der Waals surface area contributed by atoms with E-state index in [2.05, 4.69) is 51.1 Å². The molecule has 104 valence electrons. The van der Waals surface area contributed by atoms with Crippen LogP contribution >= 0.6 is 0 Å². The molecular formula is C18H26O. The van der Waals surface area contributed by atoms with Crippen LogP contribution < -0.4 is 0 Å². The van der Waals surface area contributed by atoms with Crippen molar-refractivity contribution in [3.63, 3.8) is 0 Å². The molecule has 0 N–H and O–H groups in total. The predicted molar refractivity (Wildman–Crippen MR) is 80.1 cm³/mol. The second kappa shape index (κ2) is 5.48. The third-order valence-electron chi connectivity index (χ3n) is 4.10. The number of rotatable bonds is 6. The molecule has 1 nitrogen and oxygen atoms in total. The largest absolute Gasteiger partial charge is 0.299 e. The summed E-state index contributed by atoms with van der Waals surface area (Å²) in [5.74, 6) is 0.507. The van der Waals surface area contributed by atoms with Crippen LogP contribution in [0.5, 0.6) is 0 Å². The van der Waals surface area contributed by atoms with Gasteiger partial charge in [0, 0.05) is 11.8 Å². The first-order valence-corrected chi connectivity index (χ1v) is 7.49. The fourth-order valence-corrected chi connectivity index (χ4v) is 2.76. The van der Waals surface area contributed by atoms with Gasteiger partial charge in [-0.15, -0.1) is 0 Å². The highest BCUT2D eigenvalue weighted by Gasteiger charge is 2.48. The van der Waals surface area contributed by atoms with E-state index in [-0.39, 0.29) is 10.8 Å². The number of hydrogen-bond donors (Lipinski definition) is 0. The molecule has 0 aliphatic heterocycles. The van der Waals surface area contributed by atoms with Gasteiger partial charge in [-0.25, -0.2) is 0 Å². The fourth-order valence-electron chi connectivity index (χ4n) is 2.76. The zero-order valence-corrected chi connectivity index (χ0v) is 12.5. The maximum Gasteiger partial charge on any atom is 0.139 e. The molecule has 0 unspecified atom stereocenters. The molecule has 0 heterocycles. The molecule has 0 radical (unpaired) electrons. The molecule has 1 aromatic rings. The Morgan fingerprint density at radius 1 is 1.16 bits per heavy atom. The number of Topliss-reactive ketones (excluding diaryl/α,β-unsaturated/α-hetero) is 1. The van der Waals surface area contributed by atoms with Gasteiger partial charge in [0.25, 0.3) is 0 Å². The Kier molecular flexibility index (Phi) is 4.13. The SMILES string of the molecule is CC(C)(C)CC(=O)C1(CCCc2ccccc2)CC1. The molecule has 1 aliphatic carbocycles. The van der Waals surface area contributed by atoms with Gasteiger partial charge in [0.05, 0.1) is 0 Å². The first kappa shape index (κ1) is 14.3. The number of benzene rings is 1. The highest BCUT2D eigenvalue weighted by atomic mass is 16.1. The van der Waals surface area contributed by atoms with Crippen LogP contribution in [0.1, 0.15) is 58.4 Å². The van der Waals surface area contributed by atoms with Crippen LogP contribution in [0.4, 0.5) is 0 Å². The van der Waals surface area contributed by atoms with Crippen molar-refractivity contribution in [2.75, 3.05) is 0 Å². The Balaban J connectivity index is 1.81. The molecule has 0 atom stereocenters. The Labute approximate surface area is 117 Å². The molecule has 1 saturated carbocycles. The summed E-state index contributed by atoms with van der Waals surface area (Å²) in [6.07, 6.45) is 6.30. The lowest BCUT2D eigenvalue weighted by atomic mass is 9.82. The molecule has 0 saturated heterocycles. The number of aryl methyl sites for hydroxylation is 1. The number of carbonyl (C=O) groups excluding carboxylic acids is 1. The third-order valence-corrected chi connectivity index (χ3v) is 4.10. The summed E-state index contributed by atoms with van der Waals surface area (Å²) in [6, 6.07) is 10.6. The number of hydrogen-bond acceptors (Lipinski definition) is 1. The van der Waals surface area contributed by atoms with E-state index in [9.17, 15) is 4.79 Å². The van der Waals surface area contributed by atoms with Crippen LogP contribution in [0.25, 0.3) is 0 Å². The Hall–Kier alpha value is -1.11. The molecule has 1 aliphatic rings. The van der Waals surface area contributed by atoms with Gasteiger partial charge in [-0.2, -0.15) is 0 Å². The highest BCUT2D eigenvalue weighted by Crippen LogP contribution is 2.52. The summed E-state index contributed by atoms with van der Waals surface area (Å²) in [7, 11) is 0. The monoisotopic (exact) mass is 258 g/mol. The molecule has 1 aromatic carbocycles. The number of carbonyl (C=O) groups is 1. The quantitative estimate of drug-likeness (QED) is 0.716. The second-order valence-electron chi connectivity index (χ2n) is 7.28. The van der Waals surface area contributed by atoms with Gasteiger partial charge in [-0.05, 0) is 43.1 Å². The van der Waals surface area contributed by atoms with E-state index < -0.39 is 0 Å². The fraction of sp³-hybridized carbons (Fsp3) is 0.611. The van der Waals surface area contributed by atoms with Crippen molar-refractivity contribution in [3.05, 3.63) is 35.9 Å². The van der Waals surface area contributed by atoms with Crippen molar-refractivity contribution in [2.24, 2.45) is 10.8 Å². The van der Waals surface area contributed by atoms with E-state index in [1.807, 2.05) is 0 Å². The molecule has 0 aromatic heterocycles. The van der Waals surface area contributed by atoms with Crippen molar-refractivity contribution in [1.82, 2.24) is 0 Å². The van der Waals surface area contributed by atoms with Crippen LogP contribution in [-0.4, -0.2) is 5.78 Å². The maximum absolute atomic E-state index is 12.4. The normalized spacial score (nSPS) is 17.2. The van der Waals surface area contributed by atoms with Crippen LogP contribution in [0.15, 0.2) is 30.3 Å². The summed E-state index contributed by atoms with van der Waals surface area (Å²) >= 11 is 0. The van der Waals surface area contributed by atoms with E-state index >= 15 is 0 Å². The smallest absolute Gasteiger partial charge is 0.139 e. The highest BCUT2D eigenvalue weighted by molar-refractivity contribution is 5.87. The molecule has 0 bridgehead atoms. The summed E-state index contributed by atoms with van der Waals surface area (Å²) in [4.78, 5) is 12.4. The van der Waals surface area contributed by atoms with Crippen LogP contribution in [0.3, 0.4) is 0 Å². The van der Waals surface area contributed by atoms with Gasteiger partial charge >= 0.3 is 0 Å². The minimum Gasteiger partial charge on any atom is -0.299 e. The van der Waals surface area contributed by atoms with E-state index in [1.54, 1.807) is 0 Å². The Bertz CT molecular complexity index is 421. The van der Waals surface area contributed by atoms with Gasteiger partial charge in [0.1, 0.15) is 5.78 Å². The summed E-state index contributed by atoms with van der Waals surface area (Å²) in [6.45, 7) is 6.47. The molecule has 2 rings (SSSR count). The van der Waals surface area contributed by atoms with E-state index in [4.69, 9.17) is 0 Å². The van der Waals surface area contributed by atoms with Gasteiger partial charge in [0.2, 0.25) is 0 Å². The molecule has 0 amide bonds. The van der Waals surface area contributed by atoms with Gasteiger partial charge in [-0.3, -0.25) is 4.79 Å². The molecule has 0 spiro atoms. The minimum absolute atomic E-state index is 0.0576. The van der Waals surface area contributed by atoms with Crippen LogP contribution in [0.2, 0.25) is 0 Å². The summed E-state index contributed by atoms with van der Waals surface area (Å²) < 4.78 is 0. The lowest BCUT2D eigenvalue weighted by Gasteiger charge is -2.21. The van der Waals surface area contributed by atoms with E-state index in [0.717, 1.165) is 38.5 Å². The van der Waals surface area contributed by atoms with Crippen molar-refractivity contribution in [3.8, 4) is 0 Å². The van der Waals surface area contributed by atoms with Gasteiger partial charge < -0.3 is 0 Å². The molecule has 19 heavy (non-hydrogen) atoms. The first-order valence-electron chi connectivity index (χ1n) is 7.49. The van der Waals surface area contributed by atoms with Crippen molar-refractivity contribution >= 4 is 5.78 Å². The third kappa shape index (κ3) is 4.19. The Morgan fingerprint density at radius 3 is 2.32 bits per heavy atom. The molecule has 1 heteroatoms. The van der Waals surface area contributed by atoms with E-state index in [1.165, 1.54) is 5.56 Å². The standard InChI is InChI=1S/C18H26O/c1-17(2,3)14-16(19)18(12-13-18)11-7-10-15-8-5-4-6-9-15/h4-6,8-9H,7,10-14H2,1-3H3. The predicted octanol–water partition coefficient (Wildman–Crippen LogP) is 4.79. The minimum atomic E-state index is 0.0576. The van der Waals surface area contributed by atoms with Crippen LogP contribution in [0, 0.1) is 10.8 Å². The number of ketones is 1. The van der Waals surface area contributed by atoms with Crippen molar-refractivity contribution in [1.29, 1.82) is 0 Å². The maximum atomic E-state index is 12.4. The van der Waals surface area contributed by atoms with Crippen molar-refractivity contribution < 1.29 is 4.79 Å². The lowest BCUT2D eigenvalue weighted by molar-refractivity contribution is -0.126. The van der Waals surface area contributed by atoms with E-state index in [0.29, 0.717) is 5.78 Å². The zero-order valence-electron chi connectivity index (χ0n) is 12.5. The zero-order chi connectivity index (χ0) is 13.9. The van der Waals surface area contributed by atoms with Gasteiger partial charge in [-0.1, -0.05) is 51.1 Å². The summed E-state index contributed by atoms with van der Waals surface area (Å²) in [5.41, 5.74) is 1.58. The topological polar surface area (TPSA) is 17.1 Å². The van der Waals surface area contributed by atoms with Gasteiger partial charge in [0.15, 0.2) is 0 Å². The molecular weight excluding hydrogens is 232 g/mol. The first-order chi connectivity index (χ1) is 8.91. The average Bonchev–Trinajstić information content (AvgIpc) is 3.09. The summed E-state index contributed by atoms with van der Waals surface area (Å²) in [5, 5.41) is 0. The Morgan fingerprint density at radius 2 is 1.79 bits per heavy atom. The molecule has 1 fully saturated rings. The second-order valence-corrected chi connectivity index (χ2v) is 7.28. The van der Waals surface area contributed by atoms with Crippen molar-refractivity contribution in [2.45, 2.75) is 59.3 Å². The average molecular weight is 258 g/mol.